The zero-order valence-corrected chi connectivity index (χ0v) is 23.3. The number of hydrogen-bond donors (Lipinski definition) is 2. The maximum Gasteiger partial charge on any atom is 0.313 e. The van der Waals surface area contributed by atoms with Gasteiger partial charge in [-0.1, -0.05) is 41.7 Å². The number of para-hydroxylation sites is 1. The summed E-state index contributed by atoms with van der Waals surface area (Å²) >= 11 is 0. The van der Waals surface area contributed by atoms with Crippen LogP contribution in [0.5, 0.6) is 0 Å². The second-order valence-electron chi connectivity index (χ2n) is 11.2. The van der Waals surface area contributed by atoms with Crippen LogP contribution in [-0.4, -0.2) is 104 Å². The van der Waals surface area contributed by atoms with Crippen LogP contribution < -0.4 is 5.32 Å². The molecule has 2 fully saturated rings. The van der Waals surface area contributed by atoms with Gasteiger partial charge in [0.05, 0.1) is 24.1 Å². The van der Waals surface area contributed by atoms with Gasteiger partial charge in [0, 0.05) is 26.1 Å². The molecule has 5 heterocycles. The molecule has 1 aromatic carbocycles. The van der Waals surface area contributed by atoms with Gasteiger partial charge in [0.25, 0.3) is 5.91 Å². The van der Waals surface area contributed by atoms with E-state index in [1.165, 1.54) is 4.90 Å². The fourth-order valence-corrected chi connectivity index (χ4v) is 6.50. The van der Waals surface area contributed by atoms with E-state index in [4.69, 9.17) is 9.47 Å². The smallest absolute Gasteiger partial charge is 0.313 e. The second-order valence-corrected chi connectivity index (χ2v) is 11.2. The molecule has 4 aliphatic rings. The van der Waals surface area contributed by atoms with Crippen LogP contribution >= 0.6 is 0 Å². The Morgan fingerprint density at radius 1 is 1.14 bits per heavy atom. The minimum atomic E-state index is -1.43. The zero-order valence-electron chi connectivity index (χ0n) is 23.3. The molecule has 3 amide bonds. The summed E-state index contributed by atoms with van der Waals surface area (Å²) in [5.41, 5.74) is 0.0203. The van der Waals surface area contributed by atoms with Crippen molar-refractivity contribution in [1.29, 1.82) is 0 Å². The lowest BCUT2D eigenvalue weighted by molar-refractivity contribution is -0.159. The quantitative estimate of drug-likeness (QED) is 0.372. The summed E-state index contributed by atoms with van der Waals surface area (Å²) in [7, 11) is 0. The molecule has 2 N–H and O–H groups in total. The van der Waals surface area contributed by atoms with Crippen molar-refractivity contribution in [3.8, 4) is 0 Å². The standard InChI is InChI=1S/C29H34N6O7/c1-18-16-30-22(37)11-5-4-10-21-23(28(40)41-18)24-26(38)34(14-7-15-36)25-27(39)33(13-6-12-29(24,25)42-21)17-35-20-9-3-2-8-19(20)31-32-35/h2-4,6,8-10,12,18,21,23-25,36H,5,7,11,13-17H2,1H3,(H,30,37)/b10-4-/t18-,21-,23+,24+,25-,29+/m0/s1. The summed E-state index contributed by atoms with van der Waals surface area (Å²) in [6, 6.07) is 6.36. The van der Waals surface area contributed by atoms with Gasteiger partial charge in [-0.3, -0.25) is 19.2 Å². The van der Waals surface area contributed by atoms with Crippen LogP contribution in [0.25, 0.3) is 11.0 Å². The van der Waals surface area contributed by atoms with Gasteiger partial charge in [-0.25, -0.2) is 4.68 Å². The first kappa shape index (κ1) is 28.0. The normalized spacial score (nSPS) is 32.4. The second kappa shape index (κ2) is 11.3. The molecule has 13 heteroatoms. The fourth-order valence-electron chi connectivity index (χ4n) is 6.50. The molecule has 0 unspecified atom stereocenters. The summed E-state index contributed by atoms with van der Waals surface area (Å²) in [6.45, 7) is 2.08. The Labute approximate surface area is 242 Å². The van der Waals surface area contributed by atoms with Crippen molar-refractivity contribution < 1.29 is 33.8 Å². The molecule has 2 aromatic rings. The molecule has 0 saturated carbocycles. The topological polar surface area (TPSA) is 156 Å². The first-order valence-corrected chi connectivity index (χ1v) is 14.3. The van der Waals surface area contributed by atoms with Gasteiger partial charge in [0.2, 0.25) is 11.8 Å². The molecule has 2 saturated heterocycles. The molecule has 6 atom stereocenters. The van der Waals surface area contributed by atoms with Crippen LogP contribution in [0.4, 0.5) is 0 Å². The third-order valence-corrected chi connectivity index (χ3v) is 8.40. The summed E-state index contributed by atoms with van der Waals surface area (Å²) < 4.78 is 14.0. The molecule has 0 radical (unpaired) electrons. The van der Waals surface area contributed by atoms with E-state index in [1.54, 1.807) is 40.8 Å². The molecular weight excluding hydrogens is 544 g/mol. The maximum atomic E-state index is 14.4. The molecule has 1 spiro atoms. The minimum absolute atomic E-state index is 0.0936. The largest absolute Gasteiger partial charge is 0.460 e. The highest BCUT2D eigenvalue weighted by molar-refractivity contribution is 5.99. The lowest BCUT2D eigenvalue weighted by Gasteiger charge is -2.35. The van der Waals surface area contributed by atoms with Crippen LogP contribution in [-0.2, 0) is 35.3 Å². The van der Waals surface area contributed by atoms with E-state index in [0.717, 1.165) is 5.52 Å². The number of likely N-dealkylation sites (tertiary alicyclic amines) is 1. The van der Waals surface area contributed by atoms with Gasteiger partial charge in [-0.2, -0.15) is 0 Å². The van der Waals surface area contributed by atoms with Crippen LogP contribution in [0, 0.1) is 11.8 Å². The van der Waals surface area contributed by atoms with E-state index >= 15 is 0 Å². The number of esters is 1. The first-order chi connectivity index (χ1) is 20.3. The average Bonchev–Trinajstić information content (AvgIpc) is 3.57. The van der Waals surface area contributed by atoms with Crippen molar-refractivity contribution in [3.05, 3.63) is 48.6 Å². The first-order valence-electron chi connectivity index (χ1n) is 14.3. The number of benzene rings is 1. The Morgan fingerprint density at radius 2 is 1.98 bits per heavy atom. The number of aromatic nitrogens is 3. The highest BCUT2D eigenvalue weighted by Gasteiger charge is 2.71. The predicted octanol–water partition coefficient (Wildman–Crippen LogP) is 0.148. The molecule has 42 heavy (non-hydrogen) atoms. The lowest BCUT2D eigenvalue weighted by Crippen LogP contribution is -2.55. The van der Waals surface area contributed by atoms with Gasteiger partial charge < -0.3 is 29.7 Å². The van der Waals surface area contributed by atoms with E-state index in [9.17, 15) is 24.3 Å². The van der Waals surface area contributed by atoms with Crippen LogP contribution in [0.15, 0.2) is 48.6 Å². The fraction of sp³-hybridized carbons (Fsp3) is 0.517. The summed E-state index contributed by atoms with van der Waals surface area (Å²) in [6.07, 6.45) is 6.47. The number of nitrogens with zero attached hydrogens (tertiary/aromatic N) is 5. The molecule has 0 aliphatic carbocycles. The van der Waals surface area contributed by atoms with Crippen LogP contribution in [0.3, 0.4) is 0 Å². The number of aliphatic hydroxyl groups is 1. The molecule has 6 rings (SSSR count). The van der Waals surface area contributed by atoms with Gasteiger partial charge in [-0.15, -0.1) is 5.10 Å². The van der Waals surface area contributed by atoms with Crippen molar-refractivity contribution in [1.82, 2.24) is 30.1 Å². The summed E-state index contributed by atoms with van der Waals surface area (Å²) in [5.74, 6) is -3.55. The lowest BCUT2D eigenvalue weighted by atomic mass is 9.78. The monoisotopic (exact) mass is 578 g/mol. The van der Waals surface area contributed by atoms with Gasteiger partial charge in [0.1, 0.15) is 35.9 Å². The number of aliphatic hydroxyl groups excluding tert-OH is 1. The predicted molar refractivity (Wildman–Crippen MR) is 147 cm³/mol. The van der Waals surface area contributed by atoms with Crippen molar-refractivity contribution in [2.75, 3.05) is 26.2 Å². The Morgan fingerprint density at radius 3 is 2.81 bits per heavy atom. The zero-order chi connectivity index (χ0) is 29.4. The van der Waals surface area contributed by atoms with Gasteiger partial charge in [0.15, 0.2) is 0 Å². The molecule has 4 aliphatic heterocycles. The van der Waals surface area contributed by atoms with E-state index < -0.39 is 47.6 Å². The molecule has 13 nitrogen and oxygen atoms in total. The van der Waals surface area contributed by atoms with Crippen LogP contribution in [0.1, 0.15) is 26.2 Å². The number of cyclic esters (lactones) is 1. The number of hydrogen-bond acceptors (Lipinski definition) is 9. The summed E-state index contributed by atoms with van der Waals surface area (Å²) in [4.78, 5) is 57.3. The number of carbonyl (C=O) groups excluding carboxylic acids is 4. The molecule has 0 bridgehead atoms. The Kier molecular flexibility index (Phi) is 7.54. The Hall–Kier alpha value is -4.10. The number of ether oxygens (including phenoxy) is 2. The van der Waals surface area contributed by atoms with Gasteiger partial charge in [-0.05, 0) is 31.9 Å². The highest BCUT2D eigenvalue weighted by Crippen LogP contribution is 2.53. The third kappa shape index (κ3) is 4.75. The van der Waals surface area contributed by atoms with Crippen LogP contribution in [0.2, 0.25) is 0 Å². The Balaban J connectivity index is 1.38. The van der Waals surface area contributed by atoms with E-state index in [2.05, 4.69) is 15.6 Å². The van der Waals surface area contributed by atoms with E-state index in [1.807, 2.05) is 24.3 Å². The maximum absolute atomic E-state index is 14.4. The minimum Gasteiger partial charge on any atom is -0.460 e. The summed E-state index contributed by atoms with van der Waals surface area (Å²) in [5, 5.41) is 20.8. The molecular formula is C29H34N6O7. The average molecular weight is 579 g/mol. The Bertz CT molecular complexity index is 1450. The van der Waals surface area contributed by atoms with E-state index in [0.29, 0.717) is 11.9 Å². The number of carbonyl (C=O) groups is 4. The highest BCUT2D eigenvalue weighted by atomic mass is 16.6. The molecule has 1 aromatic heterocycles. The molecule has 222 valence electrons. The van der Waals surface area contributed by atoms with E-state index in [-0.39, 0.29) is 57.6 Å². The number of allylic oxidation sites excluding steroid dienone is 1. The van der Waals surface area contributed by atoms with Crippen molar-refractivity contribution >= 4 is 34.7 Å². The number of nitrogens with one attached hydrogen (secondary N) is 1. The van der Waals surface area contributed by atoms with Crippen molar-refractivity contribution in [2.24, 2.45) is 11.8 Å². The number of amides is 3. The third-order valence-electron chi connectivity index (χ3n) is 8.40. The van der Waals surface area contributed by atoms with Gasteiger partial charge >= 0.3 is 5.97 Å². The SMILES string of the molecule is C[C@H]1CNC(=O)CC/C=C\[C@@H]2O[C@@]34C=CCN(Cn5nnc6ccccc65)C(=O)[C@@H]3N(CCCO)C(=O)[C@H]4[C@@H]2C(=O)O1. The van der Waals surface area contributed by atoms with Crippen molar-refractivity contribution in [3.63, 3.8) is 0 Å². The number of fused-ring (bicyclic) bond motifs is 3. The number of rotatable bonds is 5. The van der Waals surface area contributed by atoms with Crippen molar-refractivity contribution in [2.45, 2.75) is 56.7 Å².